The van der Waals surface area contributed by atoms with E-state index in [9.17, 15) is 10.2 Å². The molecular formula is C13H19ClO3. The van der Waals surface area contributed by atoms with Gasteiger partial charge in [0, 0.05) is 5.88 Å². The molecule has 96 valence electrons. The number of rotatable bonds is 6. The molecule has 2 atom stereocenters. The van der Waals surface area contributed by atoms with Crippen LogP contribution in [0.25, 0.3) is 0 Å². The number of aliphatic hydroxyl groups excluding tert-OH is 2. The summed E-state index contributed by atoms with van der Waals surface area (Å²) in [5.41, 5.74) is 0.665. The van der Waals surface area contributed by atoms with Crippen LogP contribution >= 0.6 is 11.6 Å². The fraction of sp³-hybridized carbons (Fsp3) is 0.538. The summed E-state index contributed by atoms with van der Waals surface area (Å²) in [4.78, 5) is 0. The molecule has 1 aromatic rings. The van der Waals surface area contributed by atoms with Gasteiger partial charge < -0.3 is 14.9 Å². The van der Waals surface area contributed by atoms with Gasteiger partial charge in [0.2, 0.25) is 0 Å². The van der Waals surface area contributed by atoms with Gasteiger partial charge in [-0.05, 0) is 38.0 Å². The smallest absolute Gasteiger partial charge is 0.119 e. The van der Waals surface area contributed by atoms with Crippen molar-refractivity contribution in [2.75, 3.05) is 5.88 Å². The molecule has 0 bridgehead atoms. The molecule has 0 aliphatic heterocycles. The molecule has 2 unspecified atom stereocenters. The van der Waals surface area contributed by atoms with E-state index < -0.39 is 12.2 Å². The van der Waals surface area contributed by atoms with Gasteiger partial charge in [0.05, 0.1) is 12.2 Å². The van der Waals surface area contributed by atoms with E-state index in [1.165, 1.54) is 0 Å². The number of aliphatic hydroxyl groups is 2. The van der Waals surface area contributed by atoms with Crippen molar-refractivity contribution >= 4 is 11.6 Å². The molecule has 0 spiro atoms. The second kappa shape index (κ2) is 6.84. The van der Waals surface area contributed by atoms with Crippen molar-refractivity contribution in [3.05, 3.63) is 29.8 Å². The summed E-state index contributed by atoms with van der Waals surface area (Å²) in [5, 5.41) is 19.5. The van der Waals surface area contributed by atoms with Crippen molar-refractivity contribution in [1.82, 2.24) is 0 Å². The van der Waals surface area contributed by atoms with Crippen LogP contribution in [-0.2, 0) is 0 Å². The number of halogens is 1. The molecule has 0 fully saturated rings. The van der Waals surface area contributed by atoms with Crippen molar-refractivity contribution < 1.29 is 14.9 Å². The van der Waals surface area contributed by atoms with Gasteiger partial charge in [-0.2, -0.15) is 0 Å². The van der Waals surface area contributed by atoms with E-state index in [0.29, 0.717) is 17.9 Å². The quantitative estimate of drug-likeness (QED) is 0.771. The van der Waals surface area contributed by atoms with Crippen LogP contribution in [0.2, 0.25) is 0 Å². The Balaban J connectivity index is 2.66. The topological polar surface area (TPSA) is 49.7 Å². The second-order valence-corrected chi connectivity index (χ2v) is 4.60. The van der Waals surface area contributed by atoms with Gasteiger partial charge in [0.1, 0.15) is 11.9 Å². The van der Waals surface area contributed by atoms with E-state index in [-0.39, 0.29) is 6.10 Å². The normalized spacial score (nSPS) is 14.7. The molecule has 0 saturated heterocycles. The summed E-state index contributed by atoms with van der Waals surface area (Å²) in [7, 11) is 0. The number of hydrogen-bond acceptors (Lipinski definition) is 3. The highest BCUT2D eigenvalue weighted by atomic mass is 35.5. The molecule has 0 aliphatic rings. The van der Waals surface area contributed by atoms with Crippen molar-refractivity contribution in [1.29, 1.82) is 0 Å². The van der Waals surface area contributed by atoms with E-state index in [1.807, 2.05) is 13.8 Å². The van der Waals surface area contributed by atoms with Gasteiger partial charge in [-0.3, -0.25) is 0 Å². The molecule has 0 saturated carbocycles. The Labute approximate surface area is 107 Å². The van der Waals surface area contributed by atoms with Crippen LogP contribution in [0, 0.1) is 0 Å². The average molecular weight is 259 g/mol. The van der Waals surface area contributed by atoms with Crippen molar-refractivity contribution in [3.63, 3.8) is 0 Å². The Morgan fingerprint density at radius 1 is 1.18 bits per heavy atom. The van der Waals surface area contributed by atoms with Gasteiger partial charge in [0.25, 0.3) is 0 Å². The number of ether oxygens (including phenoxy) is 1. The van der Waals surface area contributed by atoms with Crippen LogP contribution in [0.1, 0.15) is 31.9 Å². The monoisotopic (exact) mass is 258 g/mol. The minimum absolute atomic E-state index is 0.118. The Morgan fingerprint density at radius 3 is 2.24 bits per heavy atom. The lowest BCUT2D eigenvalue weighted by Gasteiger charge is -2.17. The number of benzene rings is 1. The molecule has 0 amide bonds. The molecule has 1 rings (SSSR count). The molecule has 4 heteroatoms. The third-order valence-corrected chi connectivity index (χ3v) is 2.58. The maximum absolute atomic E-state index is 9.84. The van der Waals surface area contributed by atoms with Crippen LogP contribution in [-0.4, -0.2) is 28.3 Å². The zero-order valence-electron chi connectivity index (χ0n) is 10.1. The fourth-order valence-corrected chi connectivity index (χ4v) is 1.73. The van der Waals surface area contributed by atoms with Gasteiger partial charge >= 0.3 is 0 Å². The standard InChI is InChI=1S/C13H19ClO3/c1-9(2)17-11-5-3-10(4-6-11)13(16)12(15)7-8-14/h3-6,9,12-13,15-16H,7-8H2,1-2H3. The van der Waals surface area contributed by atoms with Gasteiger partial charge in [0.15, 0.2) is 0 Å². The van der Waals surface area contributed by atoms with E-state index in [1.54, 1.807) is 24.3 Å². The summed E-state index contributed by atoms with van der Waals surface area (Å²) in [6.07, 6.45) is -1.24. The number of alkyl halides is 1. The summed E-state index contributed by atoms with van der Waals surface area (Å²) in [6, 6.07) is 7.07. The third kappa shape index (κ3) is 4.54. The maximum Gasteiger partial charge on any atom is 0.119 e. The minimum atomic E-state index is -0.901. The zero-order chi connectivity index (χ0) is 12.8. The fourth-order valence-electron chi connectivity index (χ4n) is 1.51. The molecule has 0 aliphatic carbocycles. The van der Waals surface area contributed by atoms with Crippen LogP contribution in [0.4, 0.5) is 0 Å². The van der Waals surface area contributed by atoms with Crippen molar-refractivity contribution in [2.45, 2.75) is 38.6 Å². The Morgan fingerprint density at radius 2 is 1.76 bits per heavy atom. The van der Waals surface area contributed by atoms with E-state index >= 15 is 0 Å². The highest BCUT2D eigenvalue weighted by Crippen LogP contribution is 2.22. The third-order valence-electron chi connectivity index (χ3n) is 2.36. The largest absolute Gasteiger partial charge is 0.491 e. The van der Waals surface area contributed by atoms with Gasteiger partial charge in [-0.15, -0.1) is 11.6 Å². The first-order valence-corrected chi connectivity index (χ1v) is 6.26. The van der Waals surface area contributed by atoms with Crippen LogP contribution in [0.5, 0.6) is 5.75 Å². The lowest BCUT2D eigenvalue weighted by molar-refractivity contribution is 0.0169. The van der Waals surface area contributed by atoms with Crippen LogP contribution < -0.4 is 4.74 Å². The van der Waals surface area contributed by atoms with Gasteiger partial charge in [-0.25, -0.2) is 0 Å². The molecular weight excluding hydrogens is 240 g/mol. The van der Waals surface area contributed by atoms with Crippen molar-refractivity contribution in [3.8, 4) is 5.75 Å². The average Bonchev–Trinajstić information content (AvgIpc) is 2.28. The predicted octanol–water partition coefficient (Wildman–Crippen LogP) is 2.50. The lowest BCUT2D eigenvalue weighted by atomic mass is 10.0. The molecule has 0 radical (unpaired) electrons. The lowest BCUT2D eigenvalue weighted by Crippen LogP contribution is -2.18. The maximum atomic E-state index is 9.84. The van der Waals surface area contributed by atoms with Gasteiger partial charge in [-0.1, -0.05) is 12.1 Å². The van der Waals surface area contributed by atoms with E-state index in [4.69, 9.17) is 16.3 Å². The van der Waals surface area contributed by atoms with Crippen LogP contribution in [0.3, 0.4) is 0 Å². The Kier molecular flexibility index (Phi) is 5.75. The molecule has 0 heterocycles. The SMILES string of the molecule is CC(C)Oc1ccc(C(O)C(O)CCCl)cc1. The molecule has 0 aromatic heterocycles. The molecule has 3 nitrogen and oxygen atoms in total. The first kappa shape index (κ1) is 14.3. The zero-order valence-corrected chi connectivity index (χ0v) is 10.9. The first-order valence-electron chi connectivity index (χ1n) is 5.73. The highest BCUT2D eigenvalue weighted by Gasteiger charge is 2.17. The molecule has 1 aromatic carbocycles. The minimum Gasteiger partial charge on any atom is -0.491 e. The highest BCUT2D eigenvalue weighted by molar-refractivity contribution is 6.17. The van der Waals surface area contributed by atoms with E-state index in [2.05, 4.69) is 0 Å². The van der Waals surface area contributed by atoms with Crippen LogP contribution in [0.15, 0.2) is 24.3 Å². The molecule has 17 heavy (non-hydrogen) atoms. The Bertz CT molecular complexity index is 324. The molecule has 2 N–H and O–H groups in total. The van der Waals surface area contributed by atoms with E-state index in [0.717, 1.165) is 5.75 Å². The summed E-state index contributed by atoms with van der Waals surface area (Å²) >= 11 is 5.52. The Hall–Kier alpha value is -0.770. The summed E-state index contributed by atoms with van der Waals surface area (Å²) < 4.78 is 5.49. The summed E-state index contributed by atoms with van der Waals surface area (Å²) in [6.45, 7) is 3.90. The first-order chi connectivity index (χ1) is 8.04. The summed E-state index contributed by atoms with van der Waals surface area (Å²) in [5.74, 6) is 1.08. The number of hydrogen-bond donors (Lipinski definition) is 2. The predicted molar refractivity (Wildman–Crippen MR) is 68.5 cm³/mol. The second-order valence-electron chi connectivity index (χ2n) is 4.23. The van der Waals surface area contributed by atoms with Crippen molar-refractivity contribution in [2.24, 2.45) is 0 Å².